The molecule has 0 radical (unpaired) electrons. The Labute approximate surface area is 131 Å². The number of nitrogens with one attached hydrogen (secondary N) is 1. The van der Waals surface area contributed by atoms with Gasteiger partial charge in [-0.1, -0.05) is 31.5 Å². The molecule has 0 spiro atoms. The van der Waals surface area contributed by atoms with Gasteiger partial charge in [0.1, 0.15) is 0 Å². The lowest BCUT2D eigenvalue weighted by atomic mass is 9.88. The molecule has 3 nitrogen and oxygen atoms in total. The van der Waals surface area contributed by atoms with Crippen LogP contribution in [0.25, 0.3) is 10.9 Å². The van der Waals surface area contributed by atoms with Gasteiger partial charge in [-0.3, -0.25) is 4.98 Å². The fourth-order valence-electron chi connectivity index (χ4n) is 2.52. The van der Waals surface area contributed by atoms with Crippen LogP contribution in [0.5, 0.6) is 0 Å². The van der Waals surface area contributed by atoms with E-state index in [0.29, 0.717) is 0 Å². The van der Waals surface area contributed by atoms with Crippen molar-refractivity contribution in [2.75, 3.05) is 13.2 Å². The summed E-state index contributed by atoms with van der Waals surface area (Å²) in [6.07, 6.45) is 3.66. The summed E-state index contributed by atoms with van der Waals surface area (Å²) in [6.45, 7) is 6.37. The van der Waals surface area contributed by atoms with Crippen LogP contribution in [0.4, 0.5) is 0 Å². The second kappa shape index (κ2) is 7.21. The molecule has 4 heteroatoms. The standard InChI is InChI=1S/C17H23ClN2O/c1-17(2,8-4-10-21)12-19-11-13-6-7-15(18)14-5-3-9-20-16(13)14/h3,5-7,9,19,21H,4,8,10-12H2,1-2H3. The van der Waals surface area contributed by atoms with Gasteiger partial charge in [-0.05, 0) is 42.0 Å². The predicted octanol–water partition coefficient (Wildman–Crippen LogP) is 3.78. The topological polar surface area (TPSA) is 45.1 Å². The van der Waals surface area contributed by atoms with Crippen molar-refractivity contribution in [3.8, 4) is 0 Å². The highest BCUT2D eigenvalue weighted by Gasteiger charge is 2.16. The molecule has 0 saturated heterocycles. The molecule has 0 unspecified atom stereocenters. The van der Waals surface area contributed by atoms with E-state index in [4.69, 9.17) is 16.7 Å². The molecule has 2 N–H and O–H groups in total. The van der Waals surface area contributed by atoms with E-state index in [1.807, 2.05) is 24.3 Å². The third-order valence-electron chi connectivity index (χ3n) is 3.73. The van der Waals surface area contributed by atoms with Crippen molar-refractivity contribution in [3.05, 3.63) is 41.0 Å². The smallest absolute Gasteiger partial charge is 0.0761 e. The van der Waals surface area contributed by atoms with Crippen LogP contribution in [0.15, 0.2) is 30.5 Å². The molecule has 0 fully saturated rings. The van der Waals surface area contributed by atoms with Crippen LogP contribution in [0.3, 0.4) is 0 Å². The summed E-state index contributed by atoms with van der Waals surface area (Å²) in [4.78, 5) is 4.45. The Bertz CT molecular complexity index is 598. The number of pyridine rings is 1. The molecule has 0 aliphatic heterocycles. The first-order valence-electron chi connectivity index (χ1n) is 7.37. The highest BCUT2D eigenvalue weighted by atomic mass is 35.5. The first kappa shape index (κ1) is 16.2. The third-order valence-corrected chi connectivity index (χ3v) is 4.06. The van der Waals surface area contributed by atoms with Gasteiger partial charge >= 0.3 is 0 Å². The second-order valence-electron chi connectivity index (χ2n) is 6.20. The van der Waals surface area contributed by atoms with E-state index in [9.17, 15) is 0 Å². The number of hydrogen-bond acceptors (Lipinski definition) is 3. The molecule has 0 bridgehead atoms. The second-order valence-corrected chi connectivity index (χ2v) is 6.61. The quantitative estimate of drug-likeness (QED) is 0.818. The number of hydrogen-bond donors (Lipinski definition) is 2. The average molecular weight is 307 g/mol. The van der Waals surface area contributed by atoms with Crippen molar-refractivity contribution in [2.45, 2.75) is 33.2 Å². The maximum Gasteiger partial charge on any atom is 0.0761 e. The maximum absolute atomic E-state index is 8.94. The van der Waals surface area contributed by atoms with Crippen molar-refractivity contribution < 1.29 is 5.11 Å². The molecule has 0 amide bonds. The normalized spacial score (nSPS) is 12.0. The number of aromatic nitrogens is 1. The highest BCUT2D eigenvalue weighted by molar-refractivity contribution is 6.35. The Morgan fingerprint density at radius 2 is 2.10 bits per heavy atom. The summed E-state index contributed by atoms with van der Waals surface area (Å²) in [5.74, 6) is 0. The van der Waals surface area contributed by atoms with Crippen LogP contribution in [-0.2, 0) is 6.54 Å². The number of fused-ring (bicyclic) bond motifs is 1. The fourth-order valence-corrected chi connectivity index (χ4v) is 2.74. The first-order valence-corrected chi connectivity index (χ1v) is 7.75. The van der Waals surface area contributed by atoms with E-state index in [0.717, 1.165) is 47.4 Å². The Morgan fingerprint density at radius 1 is 1.29 bits per heavy atom. The molecule has 0 aliphatic rings. The molecule has 2 rings (SSSR count). The molecule has 0 aliphatic carbocycles. The van der Waals surface area contributed by atoms with Crippen molar-refractivity contribution in [1.29, 1.82) is 0 Å². The van der Waals surface area contributed by atoms with Gasteiger partial charge in [-0.25, -0.2) is 0 Å². The fraction of sp³-hybridized carbons (Fsp3) is 0.471. The molecule has 1 aromatic heterocycles. The summed E-state index contributed by atoms with van der Waals surface area (Å²) in [5, 5.41) is 14.2. The lowest BCUT2D eigenvalue weighted by Crippen LogP contribution is -2.29. The summed E-state index contributed by atoms with van der Waals surface area (Å²) < 4.78 is 0. The van der Waals surface area contributed by atoms with Crippen LogP contribution in [0, 0.1) is 5.41 Å². The van der Waals surface area contributed by atoms with Gasteiger partial charge in [0, 0.05) is 36.3 Å². The number of nitrogens with zero attached hydrogens (tertiary/aromatic N) is 1. The number of aliphatic hydroxyl groups is 1. The predicted molar refractivity (Wildman–Crippen MR) is 88.6 cm³/mol. The highest BCUT2D eigenvalue weighted by Crippen LogP contribution is 2.25. The van der Waals surface area contributed by atoms with E-state index in [1.165, 1.54) is 0 Å². The van der Waals surface area contributed by atoms with Crippen LogP contribution in [0.2, 0.25) is 5.02 Å². The molecule has 114 valence electrons. The summed E-state index contributed by atoms with van der Waals surface area (Å²) in [5.41, 5.74) is 2.30. The monoisotopic (exact) mass is 306 g/mol. The minimum absolute atomic E-state index is 0.179. The van der Waals surface area contributed by atoms with Gasteiger partial charge in [-0.15, -0.1) is 0 Å². The molecule has 0 atom stereocenters. The summed E-state index contributed by atoms with van der Waals surface area (Å²) >= 11 is 6.21. The van der Waals surface area contributed by atoms with E-state index in [2.05, 4.69) is 24.1 Å². The molecule has 1 heterocycles. The molecular formula is C17H23ClN2O. The number of benzene rings is 1. The summed E-state index contributed by atoms with van der Waals surface area (Å²) in [6, 6.07) is 7.87. The van der Waals surface area contributed by atoms with Gasteiger partial charge in [0.05, 0.1) is 5.52 Å². The Kier molecular flexibility index (Phi) is 5.57. The molecule has 2 aromatic rings. The average Bonchev–Trinajstić information content (AvgIpc) is 2.48. The van der Waals surface area contributed by atoms with Gasteiger partial charge in [0.15, 0.2) is 0 Å². The summed E-state index contributed by atoms with van der Waals surface area (Å²) in [7, 11) is 0. The van der Waals surface area contributed by atoms with Crippen molar-refractivity contribution in [2.24, 2.45) is 5.41 Å². The Balaban J connectivity index is 2.03. The van der Waals surface area contributed by atoms with Crippen molar-refractivity contribution >= 4 is 22.5 Å². The minimum Gasteiger partial charge on any atom is -0.396 e. The van der Waals surface area contributed by atoms with Gasteiger partial charge < -0.3 is 10.4 Å². The lowest BCUT2D eigenvalue weighted by molar-refractivity contribution is 0.236. The maximum atomic E-state index is 8.94. The SMILES string of the molecule is CC(C)(CCCO)CNCc1ccc(Cl)c2cccnc12. The zero-order valence-electron chi connectivity index (χ0n) is 12.7. The minimum atomic E-state index is 0.179. The van der Waals surface area contributed by atoms with Crippen molar-refractivity contribution in [1.82, 2.24) is 10.3 Å². The van der Waals surface area contributed by atoms with Crippen LogP contribution < -0.4 is 5.32 Å². The van der Waals surface area contributed by atoms with Crippen molar-refractivity contribution in [3.63, 3.8) is 0 Å². The lowest BCUT2D eigenvalue weighted by Gasteiger charge is -2.25. The van der Waals surface area contributed by atoms with E-state index in [-0.39, 0.29) is 12.0 Å². The Hall–Kier alpha value is -1.16. The van der Waals surface area contributed by atoms with E-state index in [1.54, 1.807) is 6.20 Å². The zero-order chi connectivity index (χ0) is 15.3. The van der Waals surface area contributed by atoms with Gasteiger partial charge in [0.2, 0.25) is 0 Å². The molecular weight excluding hydrogens is 284 g/mol. The zero-order valence-corrected chi connectivity index (χ0v) is 13.5. The number of rotatable bonds is 7. The first-order chi connectivity index (χ1) is 10.0. The van der Waals surface area contributed by atoms with E-state index < -0.39 is 0 Å². The van der Waals surface area contributed by atoms with Gasteiger partial charge in [0.25, 0.3) is 0 Å². The van der Waals surface area contributed by atoms with Gasteiger partial charge in [-0.2, -0.15) is 0 Å². The number of aliphatic hydroxyl groups excluding tert-OH is 1. The Morgan fingerprint density at radius 3 is 2.86 bits per heavy atom. The largest absolute Gasteiger partial charge is 0.396 e. The molecule has 21 heavy (non-hydrogen) atoms. The van der Waals surface area contributed by atoms with Crippen LogP contribution in [-0.4, -0.2) is 23.2 Å². The van der Waals surface area contributed by atoms with E-state index >= 15 is 0 Å². The third kappa shape index (κ3) is 4.40. The molecule has 0 saturated carbocycles. The molecule has 1 aromatic carbocycles. The van der Waals surface area contributed by atoms with Crippen LogP contribution >= 0.6 is 11.6 Å². The van der Waals surface area contributed by atoms with Crippen LogP contribution in [0.1, 0.15) is 32.3 Å². The number of halogens is 1.